The fraction of sp³-hybridized carbons (Fsp3) is 0.600. The van der Waals surface area contributed by atoms with Crippen molar-refractivity contribution in [3.8, 4) is 0 Å². The highest BCUT2D eigenvalue weighted by Gasteiger charge is 2.45. The van der Waals surface area contributed by atoms with Crippen molar-refractivity contribution in [1.29, 1.82) is 0 Å². The first-order valence-electron chi connectivity index (χ1n) is 5.00. The number of alkyl halides is 2. The van der Waals surface area contributed by atoms with Crippen molar-refractivity contribution in [3.63, 3.8) is 0 Å². The van der Waals surface area contributed by atoms with Gasteiger partial charge in [0.1, 0.15) is 5.69 Å². The van der Waals surface area contributed by atoms with Crippen molar-refractivity contribution in [2.45, 2.75) is 38.7 Å². The van der Waals surface area contributed by atoms with E-state index >= 15 is 0 Å². The number of Topliss-reactive ketones (excluding diaryl/α,β-unsaturated/α-hetero) is 1. The summed E-state index contributed by atoms with van der Waals surface area (Å²) in [6.07, 6.45) is -0.304. The highest BCUT2D eigenvalue weighted by atomic mass is 32.1. The minimum Gasteiger partial charge on any atom is -0.358 e. The van der Waals surface area contributed by atoms with Gasteiger partial charge in [0.15, 0.2) is 10.9 Å². The lowest BCUT2D eigenvalue weighted by molar-refractivity contribution is -0.0793. The van der Waals surface area contributed by atoms with Crippen LogP contribution in [0.1, 0.15) is 35.1 Å². The molecule has 16 heavy (non-hydrogen) atoms. The number of halogens is 2. The number of hydrogen-bond donors (Lipinski definition) is 1. The van der Waals surface area contributed by atoms with E-state index in [1.54, 1.807) is 6.92 Å². The van der Waals surface area contributed by atoms with Crippen LogP contribution in [0.3, 0.4) is 0 Å². The molecule has 1 N–H and O–H groups in total. The van der Waals surface area contributed by atoms with E-state index in [-0.39, 0.29) is 24.7 Å². The van der Waals surface area contributed by atoms with E-state index in [0.29, 0.717) is 10.8 Å². The average molecular weight is 246 g/mol. The standard InChI is InChI=1S/C10H12F2N2OS/c1-5(15)8-6(2)16-9(14-8)13-7-3-10(11,12)4-7/h7H,3-4H2,1-2H3,(H,13,14). The molecule has 2 rings (SSSR count). The zero-order valence-electron chi connectivity index (χ0n) is 9.01. The van der Waals surface area contributed by atoms with Gasteiger partial charge in [-0.25, -0.2) is 13.8 Å². The first-order valence-corrected chi connectivity index (χ1v) is 5.82. The molecule has 1 aliphatic carbocycles. The van der Waals surface area contributed by atoms with Crippen LogP contribution >= 0.6 is 11.3 Å². The monoisotopic (exact) mass is 246 g/mol. The highest BCUT2D eigenvalue weighted by Crippen LogP contribution is 2.39. The van der Waals surface area contributed by atoms with Gasteiger partial charge in [-0.05, 0) is 6.92 Å². The summed E-state index contributed by atoms with van der Waals surface area (Å²) in [5.41, 5.74) is 0.429. The largest absolute Gasteiger partial charge is 0.358 e. The van der Waals surface area contributed by atoms with Gasteiger partial charge < -0.3 is 5.32 Å². The predicted molar refractivity (Wildman–Crippen MR) is 58.4 cm³/mol. The predicted octanol–water partition coefficient (Wildman–Crippen LogP) is 2.86. The molecule has 0 atom stereocenters. The normalized spacial score (nSPS) is 19.2. The number of aromatic nitrogens is 1. The van der Waals surface area contributed by atoms with Crippen molar-refractivity contribution in [2.24, 2.45) is 0 Å². The van der Waals surface area contributed by atoms with E-state index in [1.807, 2.05) is 0 Å². The van der Waals surface area contributed by atoms with Gasteiger partial charge in [-0.3, -0.25) is 4.79 Å². The van der Waals surface area contributed by atoms with Gasteiger partial charge in [0.25, 0.3) is 5.92 Å². The second-order valence-electron chi connectivity index (χ2n) is 4.09. The fourth-order valence-corrected chi connectivity index (χ4v) is 2.66. The van der Waals surface area contributed by atoms with E-state index in [4.69, 9.17) is 0 Å². The van der Waals surface area contributed by atoms with Crippen LogP contribution in [-0.4, -0.2) is 22.7 Å². The number of nitrogens with one attached hydrogen (secondary N) is 1. The Bertz CT molecular complexity index is 422. The van der Waals surface area contributed by atoms with Gasteiger partial charge >= 0.3 is 0 Å². The maximum atomic E-state index is 12.6. The molecule has 0 saturated heterocycles. The lowest BCUT2D eigenvalue weighted by Gasteiger charge is -2.35. The molecule has 3 nitrogen and oxygen atoms in total. The van der Waals surface area contributed by atoms with Crippen LogP contribution in [0, 0.1) is 6.92 Å². The Morgan fingerprint density at radius 2 is 2.19 bits per heavy atom. The van der Waals surface area contributed by atoms with Gasteiger partial charge in [-0.2, -0.15) is 0 Å². The number of ketones is 1. The molecule has 1 saturated carbocycles. The molecule has 6 heteroatoms. The third kappa shape index (κ3) is 2.21. The van der Waals surface area contributed by atoms with Crippen LogP contribution in [0.4, 0.5) is 13.9 Å². The molecule has 0 bridgehead atoms. The summed E-state index contributed by atoms with van der Waals surface area (Å²) in [4.78, 5) is 16.1. The smallest absolute Gasteiger partial charge is 0.252 e. The molecule has 0 amide bonds. The van der Waals surface area contributed by atoms with Crippen molar-refractivity contribution in [3.05, 3.63) is 10.6 Å². The first-order chi connectivity index (χ1) is 7.37. The van der Waals surface area contributed by atoms with Gasteiger partial charge in [-0.1, -0.05) is 0 Å². The third-order valence-corrected chi connectivity index (χ3v) is 3.45. The van der Waals surface area contributed by atoms with Crippen LogP contribution in [0.5, 0.6) is 0 Å². The number of carbonyl (C=O) groups excluding carboxylic acids is 1. The van der Waals surface area contributed by atoms with E-state index in [0.717, 1.165) is 4.88 Å². The van der Waals surface area contributed by atoms with E-state index in [2.05, 4.69) is 10.3 Å². The molecule has 0 radical (unpaired) electrons. The Labute approximate surface area is 95.9 Å². The SMILES string of the molecule is CC(=O)c1nc(NC2CC(F)(F)C2)sc1C. The summed E-state index contributed by atoms with van der Waals surface area (Å²) in [6.45, 7) is 3.25. The lowest BCUT2D eigenvalue weighted by atomic mass is 9.88. The summed E-state index contributed by atoms with van der Waals surface area (Å²) in [6, 6.07) is -0.222. The zero-order chi connectivity index (χ0) is 11.9. The zero-order valence-corrected chi connectivity index (χ0v) is 9.83. The number of thiazole rings is 1. The molecular weight excluding hydrogens is 234 g/mol. The van der Waals surface area contributed by atoms with Gasteiger partial charge in [0.05, 0.1) is 0 Å². The van der Waals surface area contributed by atoms with Gasteiger partial charge in [-0.15, -0.1) is 11.3 Å². The summed E-state index contributed by atoms with van der Waals surface area (Å²) in [5.74, 6) is -2.63. The summed E-state index contributed by atoms with van der Waals surface area (Å²) in [7, 11) is 0. The summed E-state index contributed by atoms with van der Waals surface area (Å²) < 4.78 is 25.2. The van der Waals surface area contributed by atoms with E-state index < -0.39 is 5.92 Å². The molecular formula is C10H12F2N2OS. The first kappa shape index (κ1) is 11.4. The van der Waals surface area contributed by atoms with E-state index in [1.165, 1.54) is 18.3 Å². The van der Waals surface area contributed by atoms with Crippen molar-refractivity contribution >= 4 is 22.3 Å². The van der Waals surface area contributed by atoms with Crippen LogP contribution in [0.25, 0.3) is 0 Å². The van der Waals surface area contributed by atoms with Crippen LogP contribution < -0.4 is 5.32 Å². The lowest BCUT2D eigenvalue weighted by Crippen LogP contribution is -2.44. The van der Waals surface area contributed by atoms with Crippen LogP contribution in [-0.2, 0) is 0 Å². The van der Waals surface area contributed by atoms with Crippen molar-refractivity contribution in [1.82, 2.24) is 4.98 Å². The number of hydrogen-bond acceptors (Lipinski definition) is 4. The van der Waals surface area contributed by atoms with Crippen LogP contribution in [0.2, 0.25) is 0 Å². The van der Waals surface area contributed by atoms with Crippen molar-refractivity contribution in [2.75, 3.05) is 5.32 Å². The number of aryl methyl sites for hydroxylation is 1. The number of carbonyl (C=O) groups is 1. The molecule has 1 heterocycles. The molecule has 0 aromatic carbocycles. The molecule has 1 aromatic rings. The molecule has 1 aromatic heterocycles. The third-order valence-electron chi connectivity index (χ3n) is 2.55. The second kappa shape index (κ2) is 3.76. The molecule has 88 valence electrons. The summed E-state index contributed by atoms with van der Waals surface area (Å²) >= 11 is 1.33. The highest BCUT2D eigenvalue weighted by molar-refractivity contribution is 7.15. The minimum atomic E-state index is -2.53. The Morgan fingerprint density at radius 1 is 1.56 bits per heavy atom. The topological polar surface area (TPSA) is 42.0 Å². The van der Waals surface area contributed by atoms with E-state index in [9.17, 15) is 13.6 Å². The maximum Gasteiger partial charge on any atom is 0.252 e. The Balaban J connectivity index is 2.01. The Kier molecular flexibility index (Phi) is 2.69. The van der Waals surface area contributed by atoms with Gasteiger partial charge in [0.2, 0.25) is 0 Å². The number of rotatable bonds is 3. The van der Waals surface area contributed by atoms with Gasteiger partial charge in [0, 0.05) is 30.7 Å². The molecule has 1 aliphatic rings. The Hall–Kier alpha value is -1.04. The quantitative estimate of drug-likeness (QED) is 0.834. The molecule has 0 spiro atoms. The fourth-order valence-electron chi connectivity index (χ4n) is 1.72. The summed E-state index contributed by atoms with van der Waals surface area (Å²) in [5, 5.41) is 3.48. The maximum absolute atomic E-state index is 12.6. The molecule has 0 unspecified atom stereocenters. The Morgan fingerprint density at radius 3 is 2.62 bits per heavy atom. The average Bonchev–Trinajstić information content (AvgIpc) is 2.43. The molecule has 1 fully saturated rings. The second-order valence-corrected chi connectivity index (χ2v) is 5.29. The number of anilines is 1. The number of nitrogens with zero attached hydrogens (tertiary/aromatic N) is 1. The van der Waals surface area contributed by atoms with Crippen molar-refractivity contribution < 1.29 is 13.6 Å². The minimum absolute atomic E-state index is 0.0965. The van der Waals surface area contributed by atoms with Crippen LogP contribution in [0.15, 0.2) is 0 Å². The molecule has 0 aliphatic heterocycles.